The summed E-state index contributed by atoms with van der Waals surface area (Å²) in [5, 5.41) is 3.27. The number of carbonyl (C=O) groups excluding carboxylic acids is 1. The van der Waals surface area contributed by atoms with Crippen LogP contribution in [0.5, 0.6) is 0 Å². The van der Waals surface area contributed by atoms with Crippen LogP contribution < -0.4 is 5.32 Å². The van der Waals surface area contributed by atoms with Crippen molar-refractivity contribution >= 4 is 18.2 Å². The molecule has 2 fully saturated rings. The van der Waals surface area contributed by atoms with Crippen molar-refractivity contribution in [2.45, 2.75) is 19.3 Å². The van der Waals surface area contributed by atoms with E-state index in [9.17, 15) is 4.79 Å². The number of hydrogen-bond donors (Lipinski definition) is 1. The third-order valence-electron chi connectivity index (χ3n) is 2.75. The molecular formula is C8H14ClNO. The molecule has 0 radical (unpaired) electrons. The standard InChI is InChI=1S/C8H13NO.ClH/c10-8-3-1-2-6-4-9-5-7(6)8;/h6-7,9H,1-5H2;1H. The Kier molecular flexibility index (Phi) is 2.90. The molecule has 0 spiro atoms. The molecule has 2 nitrogen and oxygen atoms in total. The number of fused-ring (bicyclic) bond motifs is 1. The molecule has 0 bridgehead atoms. The van der Waals surface area contributed by atoms with E-state index in [0.29, 0.717) is 17.6 Å². The predicted molar refractivity (Wildman–Crippen MR) is 46.0 cm³/mol. The van der Waals surface area contributed by atoms with Crippen LogP contribution in [-0.2, 0) is 4.79 Å². The van der Waals surface area contributed by atoms with Crippen LogP contribution in [0.25, 0.3) is 0 Å². The molecule has 1 N–H and O–H groups in total. The first-order valence-corrected chi connectivity index (χ1v) is 4.11. The van der Waals surface area contributed by atoms with Crippen molar-refractivity contribution in [1.82, 2.24) is 5.32 Å². The van der Waals surface area contributed by atoms with Crippen molar-refractivity contribution in [3.63, 3.8) is 0 Å². The molecule has 0 amide bonds. The minimum Gasteiger partial charge on any atom is -0.316 e. The Balaban J connectivity index is 0.000000605. The predicted octanol–water partition coefficient (Wildman–Crippen LogP) is 0.997. The van der Waals surface area contributed by atoms with Crippen molar-refractivity contribution in [2.24, 2.45) is 11.8 Å². The van der Waals surface area contributed by atoms with E-state index in [4.69, 9.17) is 0 Å². The Labute approximate surface area is 73.1 Å². The van der Waals surface area contributed by atoms with Gasteiger partial charge in [0.2, 0.25) is 0 Å². The molecule has 2 atom stereocenters. The maximum absolute atomic E-state index is 11.2. The van der Waals surface area contributed by atoms with Gasteiger partial charge in [0.1, 0.15) is 5.78 Å². The summed E-state index contributed by atoms with van der Waals surface area (Å²) in [5.41, 5.74) is 0. The van der Waals surface area contributed by atoms with Gasteiger partial charge >= 0.3 is 0 Å². The van der Waals surface area contributed by atoms with Crippen LogP contribution in [0.3, 0.4) is 0 Å². The molecule has 0 aromatic rings. The van der Waals surface area contributed by atoms with Crippen molar-refractivity contribution in [3.05, 3.63) is 0 Å². The highest BCUT2D eigenvalue weighted by molar-refractivity contribution is 5.85. The van der Waals surface area contributed by atoms with E-state index < -0.39 is 0 Å². The fraction of sp³-hybridized carbons (Fsp3) is 0.875. The van der Waals surface area contributed by atoms with E-state index in [0.717, 1.165) is 25.9 Å². The second kappa shape index (κ2) is 3.55. The zero-order valence-electron chi connectivity index (χ0n) is 6.51. The molecule has 0 aromatic carbocycles. The highest BCUT2D eigenvalue weighted by Gasteiger charge is 2.34. The molecule has 1 saturated carbocycles. The average molecular weight is 176 g/mol. The molecule has 2 aliphatic rings. The summed E-state index contributed by atoms with van der Waals surface area (Å²) in [6, 6.07) is 0. The van der Waals surface area contributed by atoms with Gasteiger partial charge in [0.15, 0.2) is 0 Å². The minimum atomic E-state index is 0. The van der Waals surface area contributed by atoms with E-state index >= 15 is 0 Å². The Bertz CT molecular complexity index is 160. The van der Waals surface area contributed by atoms with Gasteiger partial charge in [-0.15, -0.1) is 12.4 Å². The van der Waals surface area contributed by atoms with Gasteiger partial charge in [-0.1, -0.05) is 0 Å². The molecule has 3 heteroatoms. The number of carbonyl (C=O) groups is 1. The highest BCUT2D eigenvalue weighted by atomic mass is 35.5. The van der Waals surface area contributed by atoms with Crippen LogP contribution in [0, 0.1) is 11.8 Å². The summed E-state index contributed by atoms with van der Waals surface area (Å²) in [6.07, 6.45) is 3.23. The van der Waals surface area contributed by atoms with Crippen LogP contribution in [0.15, 0.2) is 0 Å². The zero-order chi connectivity index (χ0) is 6.97. The normalized spacial score (nSPS) is 36.2. The largest absolute Gasteiger partial charge is 0.316 e. The summed E-state index contributed by atoms with van der Waals surface area (Å²) >= 11 is 0. The summed E-state index contributed by atoms with van der Waals surface area (Å²) in [5.74, 6) is 1.57. The lowest BCUT2D eigenvalue weighted by Crippen LogP contribution is -2.26. The minimum absolute atomic E-state index is 0. The first-order chi connectivity index (χ1) is 4.88. The summed E-state index contributed by atoms with van der Waals surface area (Å²) in [6.45, 7) is 2.03. The zero-order valence-corrected chi connectivity index (χ0v) is 7.32. The van der Waals surface area contributed by atoms with E-state index in [-0.39, 0.29) is 12.4 Å². The second-order valence-corrected chi connectivity index (χ2v) is 3.38. The number of halogens is 1. The summed E-state index contributed by atoms with van der Waals surface area (Å²) in [4.78, 5) is 11.2. The number of rotatable bonds is 0. The summed E-state index contributed by atoms with van der Waals surface area (Å²) < 4.78 is 0. The maximum Gasteiger partial charge on any atom is 0.137 e. The number of nitrogens with one attached hydrogen (secondary N) is 1. The Morgan fingerprint density at radius 1 is 1.36 bits per heavy atom. The molecule has 1 aliphatic heterocycles. The van der Waals surface area contributed by atoms with E-state index in [1.54, 1.807) is 0 Å². The van der Waals surface area contributed by atoms with Crippen LogP contribution in [0.4, 0.5) is 0 Å². The van der Waals surface area contributed by atoms with Crippen LogP contribution >= 0.6 is 12.4 Å². The molecular weight excluding hydrogens is 162 g/mol. The molecule has 1 heterocycles. The Morgan fingerprint density at radius 2 is 2.18 bits per heavy atom. The Hall–Kier alpha value is -0.0800. The first kappa shape index (κ1) is 9.01. The van der Waals surface area contributed by atoms with Crippen molar-refractivity contribution in [2.75, 3.05) is 13.1 Å². The Morgan fingerprint density at radius 3 is 2.91 bits per heavy atom. The average Bonchev–Trinajstić information content (AvgIpc) is 2.36. The SMILES string of the molecule is Cl.O=C1CCCC2CNCC12. The van der Waals surface area contributed by atoms with E-state index in [1.165, 1.54) is 6.42 Å². The topological polar surface area (TPSA) is 29.1 Å². The molecule has 0 aromatic heterocycles. The van der Waals surface area contributed by atoms with E-state index in [2.05, 4.69) is 5.32 Å². The molecule has 64 valence electrons. The molecule has 1 aliphatic carbocycles. The molecule has 1 saturated heterocycles. The van der Waals surface area contributed by atoms with Gasteiger partial charge in [0.25, 0.3) is 0 Å². The first-order valence-electron chi connectivity index (χ1n) is 4.11. The van der Waals surface area contributed by atoms with Crippen molar-refractivity contribution in [1.29, 1.82) is 0 Å². The number of ketones is 1. The third-order valence-corrected chi connectivity index (χ3v) is 2.75. The monoisotopic (exact) mass is 175 g/mol. The lowest BCUT2D eigenvalue weighted by Gasteiger charge is -2.21. The third kappa shape index (κ3) is 1.57. The quantitative estimate of drug-likeness (QED) is 0.595. The molecule has 11 heavy (non-hydrogen) atoms. The highest BCUT2D eigenvalue weighted by Crippen LogP contribution is 2.29. The fourth-order valence-corrected chi connectivity index (χ4v) is 2.14. The van der Waals surface area contributed by atoms with E-state index in [1.807, 2.05) is 0 Å². The fourth-order valence-electron chi connectivity index (χ4n) is 2.14. The van der Waals surface area contributed by atoms with Gasteiger partial charge in [0.05, 0.1) is 0 Å². The van der Waals surface area contributed by atoms with Crippen LogP contribution in [0.1, 0.15) is 19.3 Å². The molecule has 2 rings (SSSR count). The van der Waals surface area contributed by atoms with Gasteiger partial charge in [-0.2, -0.15) is 0 Å². The second-order valence-electron chi connectivity index (χ2n) is 3.38. The van der Waals surface area contributed by atoms with Crippen LogP contribution in [-0.4, -0.2) is 18.9 Å². The van der Waals surface area contributed by atoms with Crippen molar-refractivity contribution in [3.8, 4) is 0 Å². The lowest BCUT2D eigenvalue weighted by molar-refractivity contribution is -0.125. The lowest BCUT2D eigenvalue weighted by atomic mass is 9.81. The molecule has 2 unspecified atom stereocenters. The number of Topliss-reactive ketones (excluding diaryl/α,β-unsaturated/α-hetero) is 1. The van der Waals surface area contributed by atoms with Gasteiger partial charge < -0.3 is 5.32 Å². The van der Waals surface area contributed by atoms with Crippen LogP contribution in [0.2, 0.25) is 0 Å². The van der Waals surface area contributed by atoms with Gasteiger partial charge in [-0.05, 0) is 25.3 Å². The number of hydrogen-bond acceptors (Lipinski definition) is 2. The summed E-state index contributed by atoms with van der Waals surface area (Å²) in [7, 11) is 0. The maximum atomic E-state index is 11.2. The van der Waals surface area contributed by atoms with Gasteiger partial charge in [-0.25, -0.2) is 0 Å². The smallest absolute Gasteiger partial charge is 0.137 e. The van der Waals surface area contributed by atoms with Crippen molar-refractivity contribution < 1.29 is 4.79 Å². The van der Waals surface area contributed by atoms with Gasteiger partial charge in [0, 0.05) is 18.9 Å². The van der Waals surface area contributed by atoms with Gasteiger partial charge in [-0.3, -0.25) is 4.79 Å².